The number of alkyl halides is 3. The smallest absolute Gasteiger partial charge is 0.293 e. The first-order chi connectivity index (χ1) is 15.8. The lowest BCUT2D eigenvalue weighted by Gasteiger charge is -2.27. The van der Waals surface area contributed by atoms with Crippen LogP contribution in [0.5, 0.6) is 0 Å². The molecule has 5 rings (SSSR count). The minimum absolute atomic E-state index is 0.591. The molecule has 0 saturated heterocycles. The number of nitrogens with zero attached hydrogens (tertiary/aromatic N) is 3. The van der Waals surface area contributed by atoms with Crippen molar-refractivity contribution in [3.05, 3.63) is 93.6 Å². The molecule has 0 fully saturated rings. The van der Waals surface area contributed by atoms with E-state index in [0.29, 0.717) is 16.4 Å². The number of fused-ring (bicyclic) bond motifs is 1. The van der Waals surface area contributed by atoms with Gasteiger partial charge >= 0.3 is 6.18 Å². The minimum atomic E-state index is -4.34. The number of hydrogen-bond donors (Lipinski definition) is 0. The van der Waals surface area contributed by atoms with Gasteiger partial charge in [0.25, 0.3) is 0 Å². The Kier molecular flexibility index (Phi) is 5.95. The molecule has 33 heavy (non-hydrogen) atoms. The Labute approximate surface area is 198 Å². The summed E-state index contributed by atoms with van der Waals surface area (Å²) in [7, 11) is 0. The summed E-state index contributed by atoms with van der Waals surface area (Å²) < 4.78 is 39.1. The van der Waals surface area contributed by atoms with E-state index in [9.17, 15) is 13.2 Å². The number of thiophene rings is 1. The summed E-state index contributed by atoms with van der Waals surface area (Å²) >= 11 is 7.50. The molecule has 0 bridgehead atoms. The summed E-state index contributed by atoms with van der Waals surface area (Å²) in [6, 6.07) is 16.9. The van der Waals surface area contributed by atoms with E-state index in [1.807, 2.05) is 42.6 Å². The van der Waals surface area contributed by atoms with E-state index in [0.717, 1.165) is 58.7 Å². The Hall–Kier alpha value is -2.74. The van der Waals surface area contributed by atoms with Crippen molar-refractivity contribution >= 4 is 22.9 Å². The zero-order valence-corrected chi connectivity index (χ0v) is 19.0. The molecule has 1 aliphatic heterocycles. The summed E-state index contributed by atoms with van der Waals surface area (Å²) in [6.45, 7) is 2.34. The first-order valence-corrected chi connectivity index (χ1v) is 11.6. The highest BCUT2D eigenvalue weighted by Crippen LogP contribution is 2.35. The predicted octanol–water partition coefficient (Wildman–Crippen LogP) is 7.10. The van der Waals surface area contributed by atoms with Gasteiger partial charge < -0.3 is 0 Å². The number of rotatable bonds is 4. The zero-order valence-electron chi connectivity index (χ0n) is 17.4. The fraction of sp³-hybridized carbons (Fsp3) is 0.200. The van der Waals surface area contributed by atoms with Gasteiger partial charge in [0, 0.05) is 58.2 Å². The highest BCUT2D eigenvalue weighted by molar-refractivity contribution is 7.15. The molecule has 2 aromatic carbocycles. The molecule has 1 aliphatic rings. The van der Waals surface area contributed by atoms with Gasteiger partial charge in [-0.05, 0) is 54.1 Å². The van der Waals surface area contributed by atoms with Crippen LogP contribution in [0.3, 0.4) is 0 Å². The molecule has 0 N–H and O–H groups in total. The molecule has 3 heterocycles. The van der Waals surface area contributed by atoms with Crippen LogP contribution in [0.15, 0.2) is 66.9 Å². The van der Waals surface area contributed by atoms with Crippen LogP contribution in [0.25, 0.3) is 21.8 Å². The molecule has 0 saturated carbocycles. The Morgan fingerprint density at radius 1 is 1.00 bits per heavy atom. The Morgan fingerprint density at radius 3 is 2.61 bits per heavy atom. The first-order valence-electron chi connectivity index (χ1n) is 10.4. The highest BCUT2D eigenvalue weighted by Gasteiger charge is 2.30. The lowest BCUT2D eigenvalue weighted by molar-refractivity contribution is -0.137. The standard InChI is InChI=1S/C25H19ClF3N3S/c26-20-6-4-16(5-7-20)24-30-13-18-14-32(11-10-22(18)31-24)15-21-8-9-23(33-21)17-2-1-3-19(12-17)25(27,28)29/h1-9,12-13H,10-11,14-15H2. The third kappa shape index (κ3) is 4.95. The minimum Gasteiger partial charge on any atom is -0.293 e. The second-order valence-corrected chi connectivity index (χ2v) is 9.58. The summed E-state index contributed by atoms with van der Waals surface area (Å²) in [5, 5.41) is 0.678. The number of hydrogen-bond acceptors (Lipinski definition) is 4. The van der Waals surface area contributed by atoms with Crippen LogP contribution < -0.4 is 0 Å². The van der Waals surface area contributed by atoms with Crippen LogP contribution in [0.2, 0.25) is 5.02 Å². The number of halogens is 4. The lowest BCUT2D eigenvalue weighted by Crippen LogP contribution is -2.30. The van der Waals surface area contributed by atoms with Crippen LogP contribution >= 0.6 is 22.9 Å². The fourth-order valence-corrected chi connectivity index (χ4v) is 5.11. The average Bonchev–Trinajstić information content (AvgIpc) is 3.27. The van der Waals surface area contributed by atoms with E-state index in [-0.39, 0.29) is 0 Å². The Bertz CT molecular complexity index is 1280. The van der Waals surface area contributed by atoms with E-state index in [1.165, 1.54) is 23.5 Å². The molecular formula is C25H19ClF3N3S. The third-order valence-corrected chi connectivity index (χ3v) is 7.00. The van der Waals surface area contributed by atoms with Crippen molar-refractivity contribution in [2.24, 2.45) is 0 Å². The molecule has 0 radical (unpaired) electrons. The molecular weight excluding hydrogens is 467 g/mol. The van der Waals surface area contributed by atoms with Gasteiger partial charge in [-0.2, -0.15) is 13.2 Å². The van der Waals surface area contributed by atoms with Crippen molar-refractivity contribution in [1.82, 2.24) is 14.9 Å². The van der Waals surface area contributed by atoms with Crippen molar-refractivity contribution in [3.63, 3.8) is 0 Å². The quantitative estimate of drug-likeness (QED) is 0.308. The normalized spacial score (nSPS) is 14.3. The Balaban J connectivity index is 1.28. The highest BCUT2D eigenvalue weighted by atomic mass is 35.5. The molecule has 0 aliphatic carbocycles. The number of aromatic nitrogens is 2. The van der Waals surface area contributed by atoms with Crippen LogP contribution in [0, 0.1) is 0 Å². The second kappa shape index (κ2) is 8.89. The van der Waals surface area contributed by atoms with E-state index in [2.05, 4.69) is 9.88 Å². The van der Waals surface area contributed by atoms with Crippen molar-refractivity contribution in [1.29, 1.82) is 0 Å². The molecule has 0 spiro atoms. The van der Waals surface area contributed by atoms with Crippen LogP contribution in [-0.2, 0) is 25.7 Å². The van der Waals surface area contributed by atoms with Gasteiger partial charge in [0.2, 0.25) is 0 Å². The molecule has 0 amide bonds. The summed E-state index contributed by atoms with van der Waals surface area (Å²) in [5.41, 5.74) is 3.06. The lowest BCUT2D eigenvalue weighted by atomic mass is 10.1. The molecule has 3 nitrogen and oxygen atoms in total. The van der Waals surface area contributed by atoms with E-state index in [1.54, 1.807) is 6.07 Å². The van der Waals surface area contributed by atoms with Crippen LogP contribution in [0.1, 0.15) is 21.7 Å². The van der Waals surface area contributed by atoms with Gasteiger partial charge in [0.15, 0.2) is 5.82 Å². The van der Waals surface area contributed by atoms with Crippen molar-refractivity contribution in [2.75, 3.05) is 6.54 Å². The number of benzene rings is 2. The molecule has 4 aromatic rings. The maximum Gasteiger partial charge on any atom is 0.416 e. The van der Waals surface area contributed by atoms with Gasteiger partial charge in [-0.25, -0.2) is 9.97 Å². The van der Waals surface area contributed by atoms with Gasteiger partial charge in [-0.1, -0.05) is 23.7 Å². The van der Waals surface area contributed by atoms with E-state index >= 15 is 0 Å². The topological polar surface area (TPSA) is 29.0 Å². The maximum atomic E-state index is 13.0. The molecule has 0 atom stereocenters. The average molecular weight is 486 g/mol. The van der Waals surface area contributed by atoms with Crippen LogP contribution in [0.4, 0.5) is 13.2 Å². The third-order valence-electron chi connectivity index (χ3n) is 5.63. The largest absolute Gasteiger partial charge is 0.416 e. The Morgan fingerprint density at radius 2 is 1.82 bits per heavy atom. The van der Waals surface area contributed by atoms with Crippen molar-refractivity contribution < 1.29 is 13.2 Å². The van der Waals surface area contributed by atoms with Gasteiger partial charge in [0.05, 0.1) is 11.3 Å². The van der Waals surface area contributed by atoms with Gasteiger partial charge in [-0.15, -0.1) is 11.3 Å². The SMILES string of the molecule is FC(F)(F)c1cccc(-c2ccc(CN3CCc4nc(-c5ccc(Cl)cc5)ncc4C3)s2)c1. The molecule has 8 heteroatoms. The van der Waals surface area contributed by atoms with Gasteiger partial charge in [-0.3, -0.25) is 4.90 Å². The van der Waals surface area contributed by atoms with E-state index in [4.69, 9.17) is 16.6 Å². The first kappa shape index (κ1) is 22.1. The zero-order chi connectivity index (χ0) is 23.0. The maximum absolute atomic E-state index is 13.0. The van der Waals surface area contributed by atoms with Gasteiger partial charge in [0.1, 0.15) is 0 Å². The predicted molar refractivity (Wildman–Crippen MR) is 125 cm³/mol. The van der Waals surface area contributed by atoms with Crippen LogP contribution in [-0.4, -0.2) is 21.4 Å². The van der Waals surface area contributed by atoms with Crippen molar-refractivity contribution in [2.45, 2.75) is 25.7 Å². The molecule has 168 valence electrons. The monoisotopic (exact) mass is 485 g/mol. The second-order valence-electron chi connectivity index (χ2n) is 7.98. The summed E-state index contributed by atoms with van der Waals surface area (Å²) in [5.74, 6) is 0.697. The molecule has 2 aromatic heterocycles. The summed E-state index contributed by atoms with van der Waals surface area (Å²) in [4.78, 5) is 13.6. The summed E-state index contributed by atoms with van der Waals surface area (Å²) in [6.07, 6.45) is -1.63. The fourth-order valence-electron chi connectivity index (χ4n) is 3.93. The van der Waals surface area contributed by atoms with Crippen molar-refractivity contribution in [3.8, 4) is 21.8 Å². The molecule has 0 unspecified atom stereocenters. The van der Waals surface area contributed by atoms with E-state index < -0.39 is 11.7 Å².